The molecule has 0 spiro atoms. The van der Waals surface area contributed by atoms with Gasteiger partial charge in [0.1, 0.15) is 12.2 Å². The predicted molar refractivity (Wildman–Crippen MR) is 64.4 cm³/mol. The summed E-state index contributed by atoms with van der Waals surface area (Å²) in [6.45, 7) is 4.16. The molecule has 1 heterocycles. The Balaban J connectivity index is 0.000000411. The summed E-state index contributed by atoms with van der Waals surface area (Å²) >= 11 is 0. The average Bonchev–Trinajstić information content (AvgIpc) is 2.70. The van der Waals surface area contributed by atoms with Crippen LogP contribution in [0.25, 0.3) is 0 Å². The molecular formula is C12H22O6. The third-order valence-electron chi connectivity index (χ3n) is 2.39. The van der Waals surface area contributed by atoms with Crippen LogP contribution in [-0.4, -0.2) is 38.7 Å². The summed E-state index contributed by atoms with van der Waals surface area (Å²) in [7, 11) is 2.51. The molecule has 1 saturated heterocycles. The van der Waals surface area contributed by atoms with Crippen molar-refractivity contribution >= 4 is 12.3 Å². The van der Waals surface area contributed by atoms with Crippen LogP contribution in [0.2, 0.25) is 0 Å². The fraction of sp³-hybridized carbons (Fsp3) is 0.833. The minimum absolute atomic E-state index is 0.00227. The quantitative estimate of drug-likeness (QED) is 0.725. The molecule has 1 aliphatic heterocycles. The monoisotopic (exact) mass is 262 g/mol. The van der Waals surface area contributed by atoms with Crippen LogP contribution in [0.3, 0.4) is 0 Å². The van der Waals surface area contributed by atoms with Crippen molar-refractivity contribution in [1.29, 1.82) is 0 Å². The molecular weight excluding hydrogens is 240 g/mol. The summed E-state index contributed by atoms with van der Waals surface area (Å²) in [6.07, 6.45) is 2.74. The van der Waals surface area contributed by atoms with Crippen molar-refractivity contribution in [2.75, 3.05) is 14.2 Å². The van der Waals surface area contributed by atoms with Gasteiger partial charge in [-0.05, 0) is 12.8 Å². The summed E-state index contributed by atoms with van der Waals surface area (Å²) < 4.78 is 18.1. The highest BCUT2D eigenvalue weighted by atomic mass is 16.8. The van der Waals surface area contributed by atoms with E-state index in [9.17, 15) is 9.59 Å². The van der Waals surface area contributed by atoms with E-state index < -0.39 is 12.3 Å². The summed E-state index contributed by atoms with van der Waals surface area (Å²) in [6, 6.07) is 0. The molecule has 0 saturated carbocycles. The van der Waals surface area contributed by atoms with Crippen LogP contribution in [-0.2, 0) is 18.9 Å². The van der Waals surface area contributed by atoms with Gasteiger partial charge >= 0.3 is 12.3 Å². The van der Waals surface area contributed by atoms with Crippen molar-refractivity contribution in [1.82, 2.24) is 0 Å². The highest BCUT2D eigenvalue weighted by molar-refractivity contribution is 5.62. The lowest BCUT2D eigenvalue weighted by molar-refractivity contribution is 0.0924. The van der Waals surface area contributed by atoms with E-state index in [1.54, 1.807) is 0 Å². The van der Waals surface area contributed by atoms with Gasteiger partial charge in [0.25, 0.3) is 0 Å². The van der Waals surface area contributed by atoms with Gasteiger partial charge in [-0.3, -0.25) is 0 Å². The number of ether oxygens (including phenoxy) is 4. The van der Waals surface area contributed by atoms with E-state index in [0.717, 1.165) is 25.7 Å². The van der Waals surface area contributed by atoms with Crippen molar-refractivity contribution in [3.63, 3.8) is 0 Å². The zero-order valence-electron chi connectivity index (χ0n) is 11.4. The number of cyclic esters (lactones) is 2. The molecule has 0 aromatic carbocycles. The Hall–Kier alpha value is -1.46. The lowest BCUT2D eigenvalue weighted by atomic mass is 10.1. The van der Waals surface area contributed by atoms with Crippen molar-refractivity contribution in [3.05, 3.63) is 0 Å². The van der Waals surface area contributed by atoms with Crippen molar-refractivity contribution in [3.8, 4) is 0 Å². The van der Waals surface area contributed by atoms with E-state index in [1.807, 2.05) is 0 Å². The number of methoxy groups -OCH3 is 2. The topological polar surface area (TPSA) is 71.1 Å². The highest BCUT2D eigenvalue weighted by Gasteiger charge is 2.34. The number of carbonyl (C=O) groups is 2. The Bertz CT molecular complexity index is 231. The maximum Gasteiger partial charge on any atom is 0.509 e. The summed E-state index contributed by atoms with van der Waals surface area (Å²) in [5, 5.41) is 0. The number of hydrogen-bond donors (Lipinski definition) is 0. The standard InChI is InChI=1S/C9H16O3.C3H6O3/c1-3-5-7-8(6-4-2)12-9(10)11-7;1-5-3(4)6-2/h7-8H,3-6H2,1-2H3;1-2H3. The number of rotatable bonds is 4. The van der Waals surface area contributed by atoms with E-state index in [0.29, 0.717) is 0 Å². The van der Waals surface area contributed by atoms with Gasteiger partial charge in [0.15, 0.2) is 0 Å². The van der Waals surface area contributed by atoms with E-state index >= 15 is 0 Å². The summed E-state index contributed by atoms with van der Waals surface area (Å²) in [5.74, 6) is 0. The van der Waals surface area contributed by atoms with Crippen molar-refractivity contribution < 1.29 is 28.5 Å². The highest BCUT2D eigenvalue weighted by Crippen LogP contribution is 2.22. The Morgan fingerprint density at radius 3 is 1.67 bits per heavy atom. The third kappa shape index (κ3) is 6.32. The van der Waals surface area contributed by atoms with Crippen molar-refractivity contribution in [2.45, 2.75) is 51.7 Å². The molecule has 0 aliphatic carbocycles. The van der Waals surface area contributed by atoms with Gasteiger partial charge in [-0.1, -0.05) is 26.7 Å². The van der Waals surface area contributed by atoms with Crippen LogP contribution in [0.4, 0.5) is 9.59 Å². The molecule has 2 atom stereocenters. The molecule has 0 amide bonds. The third-order valence-corrected chi connectivity index (χ3v) is 2.39. The normalized spacial score (nSPS) is 21.2. The van der Waals surface area contributed by atoms with Gasteiger partial charge in [0, 0.05) is 0 Å². The largest absolute Gasteiger partial charge is 0.509 e. The summed E-state index contributed by atoms with van der Waals surface area (Å²) in [5.41, 5.74) is 0. The van der Waals surface area contributed by atoms with Gasteiger partial charge in [-0.15, -0.1) is 0 Å². The van der Waals surface area contributed by atoms with Crippen LogP contribution in [0.5, 0.6) is 0 Å². The van der Waals surface area contributed by atoms with E-state index in [1.165, 1.54) is 14.2 Å². The van der Waals surface area contributed by atoms with Crippen LogP contribution in [0.1, 0.15) is 39.5 Å². The smallest absolute Gasteiger partial charge is 0.438 e. The molecule has 106 valence electrons. The van der Waals surface area contributed by atoms with Gasteiger partial charge in [0.05, 0.1) is 14.2 Å². The first-order valence-electron chi connectivity index (χ1n) is 6.08. The lowest BCUT2D eigenvalue weighted by Crippen LogP contribution is -2.21. The van der Waals surface area contributed by atoms with Crippen LogP contribution < -0.4 is 0 Å². The molecule has 0 aromatic rings. The van der Waals surface area contributed by atoms with Crippen molar-refractivity contribution in [2.24, 2.45) is 0 Å². The van der Waals surface area contributed by atoms with E-state index in [2.05, 4.69) is 23.3 Å². The first kappa shape index (κ1) is 16.5. The molecule has 6 heteroatoms. The second kappa shape index (κ2) is 9.56. The Labute approximate surface area is 108 Å². The Morgan fingerprint density at radius 2 is 1.44 bits per heavy atom. The van der Waals surface area contributed by atoms with Gasteiger partial charge in [-0.2, -0.15) is 0 Å². The average molecular weight is 262 g/mol. The molecule has 2 unspecified atom stereocenters. The molecule has 18 heavy (non-hydrogen) atoms. The molecule has 1 rings (SSSR count). The van der Waals surface area contributed by atoms with E-state index in [-0.39, 0.29) is 12.2 Å². The minimum atomic E-state index is -0.657. The molecule has 0 radical (unpaired) electrons. The zero-order valence-corrected chi connectivity index (χ0v) is 11.4. The van der Waals surface area contributed by atoms with Gasteiger partial charge < -0.3 is 18.9 Å². The maximum atomic E-state index is 10.8. The van der Waals surface area contributed by atoms with Crippen LogP contribution >= 0.6 is 0 Å². The van der Waals surface area contributed by atoms with Gasteiger partial charge in [-0.25, -0.2) is 9.59 Å². The first-order chi connectivity index (χ1) is 8.58. The first-order valence-corrected chi connectivity index (χ1v) is 6.08. The number of carbonyl (C=O) groups excluding carboxylic acids is 2. The Morgan fingerprint density at radius 1 is 1.06 bits per heavy atom. The molecule has 1 fully saturated rings. The SMILES string of the molecule is CCCC1OC(=O)OC1CCC.COC(=O)OC. The van der Waals surface area contributed by atoms with Crippen LogP contribution in [0, 0.1) is 0 Å². The molecule has 0 N–H and O–H groups in total. The second-order valence-corrected chi connectivity index (χ2v) is 3.80. The molecule has 1 aliphatic rings. The lowest BCUT2D eigenvalue weighted by Gasteiger charge is -2.12. The Kier molecular flexibility index (Phi) is 8.78. The fourth-order valence-electron chi connectivity index (χ4n) is 1.57. The summed E-state index contributed by atoms with van der Waals surface area (Å²) in [4.78, 5) is 20.5. The zero-order chi connectivity index (χ0) is 14.0. The predicted octanol–water partition coefficient (Wildman–Crippen LogP) is 2.89. The fourth-order valence-corrected chi connectivity index (χ4v) is 1.57. The van der Waals surface area contributed by atoms with E-state index in [4.69, 9.17) is 9.47 Å². The molecule has 0 bridgehead atoms. The molecule has 6 nitrogen and oxygen atoms in total. The minimum Gasteiger partial charge on any atom is -0.438 e. The van der Waals surface area contributed by atoms with Gasteiger partial charge in [0.2, 0.25) is 0 Å². The number of hydrogen-bond acceptors (Lipinski definition) is 6. The van der Waals surface area contributed by atoms with Crippen LogP contribution in [0.15, 0.2) is 0 Å². The molecule has 0 aromatic heterocycles. The maximum absolute atomic E-state index is 10.8. The second-order valence-electron chi connectivity index (χ2n) is 3.80.